The van der Waals surface area contributed by atoms with Crippen molar-refractivity contribution in [1.29, 1.82) is 0 Å². The maximum absolute atomic E-state index is 13.4. The first kappa shape index (κ1) is 13.0. The van der Waals surface area contributed by atoms with Gasteiger partial charge in [0.25, 0.3) is 0 Å². The van der Waals surface area contributed by atoms with Crippen molar-refractivity contribution in [3.05, 3.63) is 34.1 Å². The van der Waals surface area contributed by atoms with Crippen molar-refractivity contribution >= 4 is 15.9 Å². The maximum atomic E-state index is 13.4. The van der Waals surface area contributed by atoms with E-state index < -0.39 is 0 Å². The normalized spacial score (nSPS) is 24.7. The van der Waals surface area contributed by atoms with E-state index in [4.69, 9.17) is 0 Å². The number of rotatable bonds is 5. The molecule has 0 amide bonds. The highest BCUT2D eigenvalue weighted by molar-refractivity contribution is 9.10. The largest absolute Gasteiger partial charge is 0.314 e. The molecule has 0 saturated heterocycles. The molecule has 3 heteroatoms. The van der Waals surface area contributed by atoms with Gasteiger partial charge in [-0.25, -0.2) is 4.39 Å². The Balaban J connectivity index is 2.09. The van der Waals surface area contributed by atoms with Crippen LogP contribution in [0.3, 0.4) is 0 Å². The summed E-state index contributed by atoms with van der Waals surface area (Å²) in [5, 5.41) is 3.53. The molecule has 0 aromatic heterocycles. The number of hydrogen-bond donors (Lipinski definition) is 1. The van der Waals surface area contributed by atoms with Crippen LogP contribution in [0.1, 0.15) is 25.8 Å². The van der Waals surface area contributed by atoms with Gasteiger partial charge in [-0.05, 0) is 58.8 Å². The van der Waals surface area contributed by atoms with E-state index in [0.717, 1.165) is 30.4 Å². The Kier molecular flexibility index (Phi) is 4.21. The lowest BCUT2D eigenvalue weighted by atomic mass is 10.0. The molecule has 2 rings (SSSR count). The third-order valence-electron chi connectivity index (χ3n) is 3.63. The first-order valence-electron chi connectivity index (χ1n) is 6.29. The Hall–Kier alpha value is -0.410. The van der Waals surface area contributed by atoms with Gasteiger partial charge in [0.05, 0.1) is 4.47 Å². The fraction of sp³-hybridized carbons (Fsp3) is 0.571. The number of benzene rings is 1. The first-order valence-corrected chi connectivity index (χ1v) is 7.09. The van der Waals surface area contributed by atoms with Crippen LogP contribution < -0.4 is 5.32 Å². The van der Waals surface area contributed by atoms with E-state index in [2.05, 4.69) is 35.1 Å². The minimum absolute atomic E-state index is 0.165. The van der Waals surface area contributed by atoms with Crippen molar-refractivity contribution < 1.29 is 4.39 Å². The molecule has 3 atom stereocenters. The summed E-state index contributed by atoms with van der Waals surface area (Å²) >= 11 is 3.34. The number of likely N-dealkylation sites (N-methyl/N-ethyl adjacent to an activating group) is 1. The third-order valence-corrected chi connectivity index (χ3v) is 4.51. The highest BCUT2D eigenvalue weighted by Gasteiger charge is 2.39. The molecule has 0 radical (unpaired) electrons. The van der Waals surface area contributed by atoms with Crippen LogP contribution >= 0.6 is 15.9 Å². The van der Waals surface area contributed by atoms with E-state index in [1.807, 2.05) is 6.07 Å². The molecule has 0 bridgehead atoms. The second-order valence-corrected chi connectivity index (χ2v) is 5.75. The van der Waals surface area contributed by atoms with Gasteiger partial charge in [0.2, 0.25) is 0 Å². The van der Waals surface area contributed by atoms with E-state index in [1.165, 1.54) is 12.5 Å². The van der Waals surface area contributed by atoms with E-state index in [-0.39, 0.29) is 5.82 Å². The second kappa shape index (κ2) is 5.49. The molecule has 17 heavy (non-hydrogen) atoms. The number of halogens is 2. The third kappa shape index (κ3) is 3.08. The predicted molar refractivity (Wildman–Crippen MR) is 72.5 cm³/mol. The zero-order valence-corrected chi connectivity index (χ0v) is 11.9. The van der Waals surface area contributed by atoms with Crippen molar-refractivity contribution in [2.75, 3.05) is 6.54 Å². The molecule has 1 fully saturated rings. The van der Waals surface area contributed by atoms with Gasteiger partial charge in [0, 0.05) is 6.04 Å². The lowest BCUT2D eigenvalue weighted by molar-refractivity contribution is 0.453. The van der Waals surface area contributed by atoms with Crippen LogP contribution in [0.25, 0.3) is 0 Å². The smallest absolute Gasteiger partial charge is 0.137 e. The zero-order valence-electron chi connectivity index (χ0n) is 10.3. The molecule has 3 unspecified atom stereocenters. The standard InChI is InChI=1S/C14H19BrFN/c1-3-17-13(11-7-9(11)2)8-10-5-4-6-12(16)14(10)15/h4-6,9,11,13,17H,3,7-8H2,1-2H3. The average Bonchev–Trinajstić information content (AvgIpc) is 3.01. The molecule has 0 heterocycles. The van der Waals surface area contributed by atoms with Crippen molar-refractivity contribution in [3.63, 3.8) is 0 Å². The van der Waals surface area contributed by atoms with Gasteiger partial charge in [-0.2, -0.15) is 0 Å². The summed E-state index contributed by atoms with van der Waals surface area (Å²) in [6.45, 7) is 5.39. The SMILES string of the molecule is CCNC(Cc1cccc(F)c1Br)C1CC1C. The first-order chi connectivity index (χ1) is 8.13. The lowest BCUT2D eigenvalue weighted by Gasteiger charge is -2.18. The van der Waals surface area contributed by atoms with Crippen LogP contribution in [0, 0.1) is 17.7 Å². The Labute approximate surface area is 111 Å². The van der Waals surface area contributed by atoms with Crippen LogP contribution in [0.4, 0.5) is 4.39 Å². The Morgan fingerprint density at radius 3 is 2.82 bits per heavy atom. The summed E-state index contributed by atoms with van der Waals surface area (Å²) < 4.78 is 14.1. The number of nitrogens with one attached hydrogen (secondary N) is 1. The summed E-state index contributed by atoms with van der Waals surface area (Å²) in [6, 6.07) is 5.77. The molecule has 1 aliphatic rings. The molecule has 1 aliphatic carbocycles. The molecular formula is C14H19BrFN. The predicted octanol–water partition coefficient (Wildman–Crippen LogP) is 3.76. The Morgan fingerprint density at radius 1 is 1.53 bits per heavy atom. The molecule has 1 aromatic rings. The van der Waals surface area contributed by atoms with Crippen molar-refractivity contribution in [1.82, 2.24) is 5.32 Å². The van der Waals surface area contributed by atoms with Crippen LogP contribution in [-0.2, 0) is 6.42 Å². The summed E-state index contributed by atoms with van der Waals surface area (Å²) in [4.78, 5) is 0. The minimum atomic E-state index is -0.165. The maximum Gasteiger partial charge on any atom is 0.137 e. The number of hydrogen-bond acceptors (Lipinski definition) is 1. The Bertz CT molecular complexity index is 394. The van der Waals surface area contributed by atoms with Gasteiger partial charge in [-0.15, -0.1) is 0 Å². The molecule has 1 saturated carbocycles. The van der Waals surface area contributed by atoms with Gasteiger partial charge in [-0.3, -0.25) is 0 Å². The molecule has 0 spiro atoms. The topological polar surface area (TPSA) is 12.0 Å². The molecule has 1 nitrogen and oxygen atoms in total. The highest BCUT2D eigenvalue weighted by atomic mass is 79.9. The monoisotopic (exact) mass is 299 g/mol. The van der Waals surface area contributed by atoms with Crippen LogP contribution in [0.2, 0.25) is 0 Å². The lowest BCUT2D eigenvalue weighted by Crippen LogP contribution is -2.33. The van der Waals surface area contributed by atoms with Gasteiger partial charge >= 0.3 is 0 Å². The van der Waals surface area contributed by atoms with E-state index >= 15 is 0 Å². The van der Waals surface area contributed by atoms with Crippen molar-refractivity contribution in [3.8, 4) is 0 Å². The van der Waals surface area contributed by atoms with Gasteiger partial charge in [0.15, 0.2) is 0 Å². The van der Waals surface area contributed by atoms with Gasteiger partial charge < -0.3 is 5.32 Å². The van der Waals surface area contributed by atoms with Crippen LogP contribution in [0.15, 0.2) is 22.7 Å². The summed E-state index contributed by atoms with van der Waals surface area (Å²) in [6.07, 6.45) is 2.20. The average molecular weight is 300 g/mol. The van der Waals surface area contributed by atoms with E-state index in [9.17, 15) is 4.39 Å². The fourth-order valence-electron chi connectivity index (χ4n) is 2.49. The van der Waals surface area contributed by atoms with Crippen molar-refractivity contribution in [2.24, 2.45) is 11.8 Å². The van der Waals surface area contributed by atoms with Gasteiger partial charge in [-0.1, -0.05) is 26.0 Å². The molecular weight excluding hydrogens is 281 g/mol. The molecule has 1 N–H and O–H groups in total. The Morgan fingerprint density at radius 2 is 2.24 bits per heavy atom. The van der Waals surface area contributed by atoms with Crippen molar-refractivity contribution in [2.45, 2.75) is 32.7 Å². The summed E-state index contributed by atoms with van der Waals surface area (Å²) in [7, 11) is 0. The molecule has 94 valence electrons. The molecule has 1 aromatic carbocycles. The summed E-state index contributed by atoms with van der Waals surface area (Å²) in [5.74, 6) is 1.40. The summed E-state index contributed by atoms with van der Waals surface area (Å²) in [5.41, 5.74) is 1.06. The van der Waals surface area contributed by atoms with E-state index in [1.54, 1.807) is 6.07 Å². The second-order valence-electron chi connectivity index (χ2n) is 4.96. The fourth-order valence-corrected chi connectivity index (χ4v) is 2.92. The van der Waals surface area contributed by atoms with Crippen LogP contribution in [-0.4, -0.2) is 12.6 Å². The zero-order chi connectivity index (χ0) is 12.4. The van der Waals surface area contributed by atoms with Gasteiger partial charge in [0.1, 0.15) is 5.82 Å². The highest BCUT2D eigenvalue weighted by Crippen LogP contribution is 2.42. The van der Waals surface area contributed by atoms with Crippen LogP contribution in [0.5, 0.6) is 0 Å². The quantitative estimate of drug-likeness (QED) is 0.873. The minimum Gasteiger partial charge on any atom is -0.314 e. The van der Waals surface area contributed by atoms with E-state index in [0.29, 0.717) is 10.5 Å². The molecule has 0 aliphatic heterocycles.